The summed E-state index contributed by atoms with van der Waals surface area (Å²) in [6, 6.07) is 5.88. The first-order valence-electron chi connectivity index (χ1n) is 11.5. The summed E-state index contributed by atoms with van der Waals surface area (Å²) in [6.07, 6.45) is -0.509. The van der Waals surface area contributed by atoms with Gasteiger partial charge in [0.05, 0.1) is 12.3 Å². The molecule has 0 radical (unpaired) electrons. The second-order valence-electron chi connectivity index (χ2n) is 9.16. The smallest absolute Gasteiger partial charge is 0.253 e. The number of ether oxygens (including phenoxy) is 3. The van der Waals surface area contributed by atoms with Gasteiger partial charge in [-0.1, -0.05) is 31.5 Å². The van der Waals surface area contributed by atoms with Crippen LogP contribution in [0.15, 0.2) is 18.2 Å². The Hall–Kier alpha value is -2.29. The zero-order valence-electron chi connectivity index (χ0n) is 19.8. The van der Waals surface area contributed by atoms with Crippen molar-refractivity contribution in [2.24, 2.45) is 13.0 Å². The standard InChI is InChI=1S/C24H33ClN4O4/c1-16(2)12-29(13-18-5-6-20-21(11-18)33-10-9-32-20)24(30)22-15-28(7-8-31-22)14-19-17(3)26-27(4)23(19)25/h5-6,11,16,22H,7-10,12-15H2,1-4H3. The number of amides is 1. The Balaban J connectivity index is 1.45. The molecule has 0 N–H and O–H groups in total. The normalized spacial score (nSPS) is 18.5. The molecule has 180 valence electrons. The Morgan fingerprint density at radius 1 is 1.24 bits per heavy atom. The fourth-order valence-electron chi connectivity index (χ4n) is 4.36. The number of aryl methyl sites for hydroxylation is 2. The maximum atomic E-state index is 13.5. The summed E-state index contributed by atoms with van der Waals surface area (Å²) in [5, 5.41) is 5.04. The third-order valence-electron chi connectivity index (χ3n) is 5.95. The van der Waals surface area contributed by atoms with Gasteiger partial charge in [-0.05, 0) is 30.5 Å². The lowest BCUT2D eigenvalue weighted by Crippen LogP contribution is -2.51. The van der Waals surface area contributed by atoms with Crippen LogP contribution in [0.4, 0.5) is 0 Å². The van der Waals surface area contributed by atoms with Gasteiger partial charge in [0, 0.05) is 45.3 Å². The molecular formula is C24H33ClN4O4. The zero-order chi connectivity index (χ0) is 23.5. The Bertz CT molecular complexity index is 993. The van der Waals surface area contributed by atoms with E-state index in [4.69, 9.17) is 25.8 Å². The summed E-state index contributed by atoms with van der Waals surface area (Å²) in [5.74, 6) is 1.84. The van der Waals surface area contributed by atoms with Crippen molar-refractivity contribution in [1.29, 1.82) is 0 Å². The lowest BCUT2D eigenvalue weighted by Gasteiger charge is -2.35. The molecule has 9 heteroatoms. The van der Waals surface area contributed by atoms with Crippen molar-refractivity contribution in [1.82, 2.24) is 19.6 Å². The fraction of sp³-hybridized carbons (Fsp3) is 0.583. The molecule has 33 heavy (non-hydrogen) atoms. The zero-order valence-corrected chi connectivity index (χ0v) is 20.6. The van der Waals surface area contributed by atoms with Crippen LogP contribution in [0.3, 0.4) is 0 Å². The van der Waals surface area contributed by atoms with Gasteiger partial charge in [0.15, 0.2) is 11.5 Å². The molecule has 8 nitrogen and oxygen atoms in total. The first kappa shape index (κ1) is 23.9. The Kier molecular flexibility index (Phi) is 7.46. The molecule has 0 bridgehead atoms. The van der Waals surface area contributed by atoms with Gasteiger partial charge < -0.3 is 19.1 Å². The van der Waals surface area contributed by atoms with Crippen LogP contribution in [0.25, 0.3) is 0 Å². The average molecular weight is 477 g/mol. The number of fused-ring (bicyclic) bond motifs is 1. The maximum absolute atomic E-state index is 13.5. The van der Waals surface area contributed by atoms with Gasteiger partial charge in [-0.2, -0.15) is 5.10 Å². The summed E-state index contributed by atoms with van der Waals surface area (Å²) >= 11 is 6.43. The predicted octanol–water partition coefficient (Wildman–Crippen LogP) is 3.04. The van der Waals surface area contributed by atoms with Crippen molar-refractivity contribution in [2.45, 2.75) is 40.0 Å². The Morgan fingerprint density at radius 3 is 2.70 bits per heavy atom. The first-order chi connectivity index (χ1) is 15.8. The molecular weight excluding hydrogens is 444 g/mol. The van der Waals surface area contributed by atoms with Gasteiger partial charge in [-0.15, -0.1) is 0 Å². The third-order valence-corrected chi connectivity index (χ3v) is 6.43. The summed E-state index contributed by atoms with van der Waals surface area (Å²) in [7, 11) is 1.84. The van der Waals surface area contributed by atoms with E-state index in [0.717, 1.165) is 34.9 Å². The van der Waals surface area contributed by atoms with Crippen LogP contribution >= 0.6 is 11.6 Å². The van der Waals surface area contributed by atoms with E-state index in [-0.39, 0.29) is 5.91 Å². The van der Waals surface area contributed by atoms with Gasteiger partial charge >= 0.3 is 0 Å². The van der Waals surface area contributed by atoms with Crippen molar-refractivity contribution >= 4 is 17.5 Å². The highest BCUT2D eigenvalue weighted by Gasteiger charge is 2.31. The summed E-state index contributed by atoms with van der Waals surface area (Å²) in [6.45, 7) is 10.9. The quantitative estimate of drug-likeness (QED) is 0.611. The minimum Gasteiger partial charge on any atom is -0.486 e. The number of nitrogens with zero attached hydrogens (tertiary/aromatic N) is 4. The van der Waals surface area contributed by atoms with Crippen molar-refractivity contribution in [3.8, 4) is 11.5 Å². The molecule has 2 aromatic rings. The number of morpholine rings is 1. The van der Waals surface area contributed by atoms with Crippen LogP contribution in [0, 0.1) is 12.8 Å². The molecule has 2 aliphatic rings. The number of hydrogen-bond donors (Lipinski definition) is 0. The lowest BCUT2D eigenvalue weighted by molar-refractivity contribution is -0.151. The summed E-state index contributed by atoms with van der Waals surface area (Å²) < 4.78 is 19.0. The molecule has 1 saturated heterocycles. The molecule has 4 rings (SSSR count). The number of carbonyl (C=O) groups excluding carboxylic acids is 1. The van der Waals surface area contributed by atoms with Gasteiger partial charge in [-0.25, -0.2) is 0 Å². The Morgan fingerprint density at radius 2 is 2.00 bits per heavy atom. The summed E-state index contributed by atoms with van der Waals surface area (Å²) in [4.78, 5) is 17.7. The van der Waals surface area contributed by atoms with E-state index in [0.29, 0.717) is 57.1 Å². The summed E-state index contributed by atoms with van der Waals surface area (Å²) in [5.41, 5.74) is 2.93. The van der Waals surface area contributed by atoms with Crippen LogP contribution in [-0.4, -0.2) is 71.0 Å². The molecule has 1 atom stereocenters. The number of halogens is 1. The molecule has 0 saturated carbocycles. The number of hydrogen-bond acceptors (Lipinski definition) is 6. The minimum absolute atomic E-state index is 0.0114. The van der Waals surface area contributed by atoms with E-state index in [9.17, 15) is 4.79 Å². The van der Waals surface area contributed by atoms with E-state index < -0.39 is 6.10 Å². The van der Waals surface area contributed by atoms with E-state index in [1.807, 2.05) is 37.1 Å². The highest BCUT2D eigenvalue weighted by Crippen LogP contribution is 2.31. The second-order valence-corrected chi connectivity index (χ2v) is 9.52. The highest BCUT2D eigenvalue weighted by molar-refractivity contribution is 6.30. The molecule has 1 amide bonds. The molecule has 0 spiro atoms. The maximum Gasteiger partial charge on any atom is 0.253 e. The van der Waals surface area contributed by atoms with Crippen molar-refractivity contribution in [2.75, 3.05) is 39.5 Å². The second kappa shape index (κ2) is 10.3. The topological polar surface area (TPSA) is 69.1 Å². The van der Waals surface area contributed by atoms with Gasteiger partial charge in [0.25, 0.3) is 5.91 Å². The largest absolute Gasteiger partial charge is 0.486 e. The highest BCUT2D eigenvalue weighted by atomic mass is 35.5. The van der Waals surface area contributed by atoms with Crippen LogP contribution in [0.5, 0.6) is 11.5 Å². The third kappa shape index (κ3) is 5.62. The van der Waals surface area contributed by atoms with Crippen LogP contribution < -0.4 is 9.47 Å². The van der Waals surface area contributed by atoms with E-state index >= 15 is 0 Å². The minimum atomic E-state index is -0.509. The van der Waals surface area contributed by atoms with Gasteiger partial charge in [0.1, 0.15) is 24.5 Å². The van der Waals surface area contributed by atoms with E-state index in [1.165, 1.54) is 0 Å². The Labute approximate surface area is 200 Å². The molecule has 1 aromatic heterocycles. The molecule has 0 aliphatic carbocycles. The average Bonchev–Trinajstić information content (AvgIpc) is 3.04. The van der Waals surface area contributed by atoms with Gasteiger partial charge in [0.2, 0.25) is 0 Å². The van der Waals surface area contributed by atoms with Crippen LogP contribution in [-0.2, 0) is 29.7 Å². The predicted molar refractivity (Wildman–Crippen MR) is 126 cm³/mol. The van der Waals surface area contributed by atoms with Crippen molar-refractivity contribution in [3.05, 3.63) is 40.2 Å². The van der Waals surface area contributed by atoms with Crippen molar-refractivity contribution in [3.63, 3.8) is 0 Å². The molecule has 3 heterocycles. The van der Waals surface area contributed by atoms with Gasteiger partial charge in [-0.3, -0.25) is 14.4 Å². The fourth-order valence-corrected chi connectivity index (χ4v) is 4.59. The van der Waals surface area contributed by atoms with Crippen LogP contribution in [0.1, 0.15) is 30.7 Å². The molecule has 1 fully saturated rings. The molecule has 2 aliphatic heterocycles. The number of rotatable bonds is 7. The lowest BCUT2D eigenvalue weighted by atomic mass is 10.1. The van der Waals surface area contributed by atoms with Crippen LogP contribution in [0.2, 0.25) is 5.15 Å². The number of carbonyl (C=O) groups is 1. The van der Waals surface area contributed by atoms with Crippen molar-refractivity contribution < 1.29 is 19.0 Å². The monoisotopic (exact) mass is 476 g/mol. The molecule has 1 aromatic carbocycles. The van der Waals surface area contributed by atoms with E-state index in [2.05, 4.69) is 23.8 Å². The SMILES string of the molecule is Cc1nn(C)c(Cl)c1CN1CCOC(C(=O)N(Cc2ccc3c(c2)OCCO3)CC(C)C)C1. The number of benzene rings is 1. The number of aromatic nitrogens is 2. The van der Waals surface area contributed by atoms with E-state index in [1.54, 1.807) is 4.68 Å². The molecule has 1 unspecified atom stereocenters. The first-order valence-corrected chi connectivity index (χ1v) is 11.9.